The minimum Gasteiger partial charge on any atom is -0.360 e. The van der Waals surface area contributed by atoms with Crippen molar-refractivity contribution in [2.75, 3.05) is 5.32 Å². The summed E-state index contributed by atoms with van der Waals surface area (Å²) in [6, 6.07) is 14.9. The minimum absolute atomic E-state index is 0.245. The van der Waals surface area contributed by atoms with E-state index in [1.165, 1.54) is 35.2 Å². The summed E-state index contributed by atoms with van der Waals surface area (Å²) in [7, 11) is 0. The molecule has 1 N–H and O–H groups in total. The molecule has 0 aliphatic rings. The van der Waals surface area contributed by atoms with Crippen molar-refractivity contribution in [3.63, 3.8) is 0 Å². The number of alkyl halides is 3. The molecule has 0 saturated heterocycles. The third kappa shape index (κ3) is 4.59. The number of nitrogens with one attached hydrogen (secondary N) is 1. The van der Waals surface area contributed by atoms with Crippen LogP contribution >= 0.6 is 11.3 Å². The van der Waals surface area contributed by atoms with E-state index < -0.39 is 11.7 Å². The van der Waals surface area contributed by atoms with Crippen LogP contribution in [-0.4, -0.2) is 4.98 Å². The van der Waals surface area contributed by atoms with Gasteiger partial charge in [-0.2, -0.15) is 18.4 Å². The lowest BCUT2D eigenvalue weighted by Gasteiger charge is -2.08. The number of thiazole rings is 1. The summed E-state index contributed by atoms with van der Waals surface area (Å²) in [6.45, 7) is 2.08. The second-order valence-electron chi connectivity index (χ2n) is 5.98. The Labute approximate surface area is 164 Å². The van der Waals surface area contributed by atoms with Gasteiger partial charge in [-0.3, -0.25) is 0 Å². The maximum atomic E-state index is 12.8. The molecule has 142 valence electrons. The van der Waals surface area contributed by atoms with Gasteiger partial charge in [0.15, 0.2) is 0 Å². The fourth-order valence-corrected chi connectivity index (χ4v) is 3.32. The molecule has 3 rings (SSSR count). The van der Waals surface area contributed by atoms with Gasteiger partial charge in [-0.15, -0.1) is 11.3 Å². The van der Waals surface area contributed by atoms with Crippen molar-refractivity contribution in [3.05, 3.63) is 76.2 Å². The third-order valence-electron chi connectivity index (χ3n) is 4.09. The number of benzene rings is 2. The molecule has 0 atom stereocenters. The number of allylic oxidation sites excluding steroid dienone is 1. The van der Waals surface area contributed by atoms with Gasteiger partial charge >= 0.3 is 6.18 Å². The van der Waals surface area contributed by atoms with Gasteiger partial charge in [0.2, 0.25) is 0 Å². The van der Waals surface area contributed by atoms with Gasteiger partial charge in [0, 0.05) is 22.8 Å². The zero-order chi connectivity index (χ0) is 20.1. The molecular formula is C21H16F3N3S. The Morgan fingerprint density at radius 3 is 2.61 bits per heavy atom. The van der Waals surface area contributed by atoms with Gasteiger partial charge in [-0.25, -0.2) is 4.98 Å². The molecule has 7 heteroatoms. The molecule has 0 aliphatic heterocycles. The van der Waals surface area contributed by atoms with Crippen molar-refractivity contribution in [2.45, 2.75) is 19.5 Å². The smallest absolute Gasteiger partial charge is 0.360 e. The molecule has 0 bridgehead atoms. The highest BCUT2D eigenvalue weighted by Crippen LogP contribution is 2.31. The van der Waals surface area contributed by atoms with Crippen LogP contribution in [0.1, 0.15) is 23.1 Å². The molecule has 0 saturated carbocycles. The van der Waals surface area contributed by atoms with E-state index in [-0.39, 0.29) is 11.3 Å². The van der Waals surface area contributed by atoms with Crippen LogP contribution in [0.15, 0.2) is 60.1 Å². The van der Waals surface area contributed by atoms with Crippen molar-refractivity contribution in [3.8, 4) is 17.3 Å². The lowest BCUT2D eigenvalue weighted by molar-refractivity contribution is -0.137. The van der Waals surface area contributed by atoms with Crippen molar-refractivity contribution in [1.29, 1.82) is 5.26 Å². The summed E-state index contributed by atoms with van der Waals surface area (Å²) in [4.78, 5) is 4.48. The number of hydrogen-bond acceptors (Lipinski definition) is 4. The predicted molar refractivity (Wildman–Crippen MR) is 106 cm³/mol. The SMILES string of the molecule is CCc1ccc(-c2csc(/C(C#N)=C\Nc3cccc(C(F)(F)F)c3)n2)cc1. The Kier molecular flexibility index (Phi) is 5.81. The zero-order valence-electron chi connectivity index (χ0n) is 14.9. The summed E-state index contributed by atoms with van der Waals surface area (Å²) in [5, 5.41) is 14.5. The zero-order valence-corrected chi connectivity index (χ0v) is 15.7. The van der Waals surface area contributed by atoms with E-state index in [1.54, 1.807) is 0 Å². The van der Waals surface area contributed by atoms with Crippen molar-refractivity contribution < 1.29 is 13.2 Å². The molecule has 0 amide bonds. The first-order valence-corrected chi connectivity index (χ1v) is 9.38. The van der Waals surface area contributed by atoms with Gasteiger partial charge in [0.25, 0.3) is 0 Å². The first kappa shape index (κ1) is 19.6. The fourth-order valence-electron chi connectivity index (χ4n) is 2.52. The largest absolute Gasteiger partial charge is 0.416 e. The van der Waals surface area contributed by atoms with Crippen LogP contribution in [0.2, 0.25) is 0 Å². The number of halogens is 3. The van der Waals surface area contributed by atoms with Crippen molar-refractivity contribution >= 4 is 22.6 Å². The Morgan fingerprint density at radius 2 is 1.96 bits per heavy atom. The van der Waals surface area contributed by atoms with Gasteiger partial charge in [0.05, 0.1) is 11.3 Å². The van der Waals surface area contributed by atoms with Crippen LogP contribution in [0.25, 0.3) is 16.8 Å². The number of nitrogens with zero attached hydrogens (tertiary/aromatic N) is 2. The highest BCUT2D eigenvalue weighted by atomic mass is 32.1. The first-order chi connectivity index (χ1) is 13.4. The molecule has 3 nitrogen and oxygen atoms in total. The average Bonchev–Trinajstić information content (AvgIpc) is 3.18. The van der Waals surface area contributed by atoms with Crippen LogP contribution in [0.3, 0.4) is 0 Å². The Hall–Kier alpha value is -3.11. The molecule has 3 aromatic rings. The highest BCUT2D eigenvalue weighted by molar-refractivity contribution is 7.11. The molecular weight excluding hydrogens is 383 g/mol. The van der Waals surface area contributed by atoms with Crippen LogP contribution in [0, 0.1) is 11.3 Å². The molecule has 2 aromatic carbocycles. The second kappa shape index (κ2) is 8.28. The van der Waals surface area contributed by atoms with Gasteiger partial charge in [-0.05, 0) is 30.2 Å². The van der Waals surface area contributed by atoms with Crippen LogP contribution in [-0.2, 0) is 12.6 Å². The Balaban J connectivity index is 1.80. The second-order valence-corrected chi connectivity index (χ2v) is 6.84. The van der Waals surface area contributed by atoms with E-state index in [2.05, 4.69) is 17.2 Å². The van der Waals surface area contributed by atoms with Gasteiger partial charge in [-0.1, -0.05) is 37.3 Å². The lowest BCUT2D eigenvalue weighted by Crippen LogP contribution is -2.05. The number of aromatic nitrogens is 1. The Morgan fingerprint density at radius 1 is 1.21 bits per heavy atom. The van der Waals surface area contributed by atoms with E-state index in [9.17, 15) is 18.4 Å². The minimum atomic E-state index is -4.42. The standard InChI is InChI=1S/C21H16F3N3S/c1-2-14-6-8-15(9-7-14)19-13-28-20(27-19)16(11-25)12-26-18-5-3-4-17(10-18)21(22,23)24/h3-10,12-13,26H,2H2,1H3/b16-12-. The van der Waals surface area contributed by atoms with E-state index in [1.807, 2.05) is 35.7 Å². The summed E-state index contributed by atoms with van der Waals surface area (Å²) in [6.07, 6.45) is -2.10. The fraction of sp³-hybridized carbons (Fsp3) is 0.143. The summed E-state index contributed by atoms with van der Waals surface area (Å²) >= 11 is 1.31. The van der Waals surface area contributed by atoms with E-state index >= 15 is 0 Å². The molecule has 1 aromatic heterocycles. The maximum Gasteiger partial charge on any atom is 0.416 e. The molecule has 28 heavy (non-hydrogen) atoms. The van der Waals surface area contributed by atoms with Crippen molar-refractivity contribution in [2.24, 2.45) is 0 Å². The van der Waals surface area contributed by atoms with Gasteiger partial charge < -0.3 is 5.32 Å². The van der Waals surface area contributed by atoms with E-state index in [0.29, 0.717) is 5.01 Å². The van der Waals surface area contributed by atoms with Crippen LogP contribution < -0.4 is 5.32 Å². The van der Waals surface area contributed by atoms with Crippen LogP contribution in [0.4, 0.5) is 18.9 Å². The Bertz CT molecular complexity index is 1030. The van der Waals surface area contributed by atoms with Gasteiger partial charge in [0.1, 0.15) is 16.6 Å². The number of rotatable bonds is 5. The highest BCUT2D eigenvalue weighted by Gasteiger charge is 2.30. The average molecular weight is 399 g/mol. The monoisotopic (exact) mass is 399 g/mol. The normalized spacial score (nSPS) is 11.9. The van der Waals surface area contributed by atoms with E-state index in [0.717, 1.165) is 29.8 Å². The topological polar surface area (TPSA) is 48.7 Å². The molecule has 1 heterocycles. The first-order valence-electron chi connectivity index (χ1n) is 8.50. The number of hydrogen-bond donors (Lipinski definition) is 1. The molecule has 0 unspecified atom stereocenters. The lowest BCUT2D eigenvalue weighted by atomic mass is 10.1. The number of anilines is 1. The van der Waals surface area contributed by atoms with Crippen LogP contribution in [0.5, 0.6) is 0 Å². The van der Waals surface area contributed by atoms with Crippen molar-refractivity contribution in [1.82, 2.24) is 4.98 Å². The summed E-state index contributed by atoms with van der Waals surface area (Å²) < 4.78 is 38.4. The number of aryl methyl sites for hydroxylation is 1. The summed E-state index contributed by atoms with van der Waals surface area (Å²) in [5.41, 5.74) is 2.66. The third-order valence-corrected chi connectivity index (χ3v) is 4.96. The molecule has 0 spiro atoms. The maximum absolute atomic E-state index is 12.8. The molecule has 0 radical (unpaired) electrons. The van der Waals surface area contributed by atoms with E-state index in [4.69, 9.17) is 0 Å². The number of nitriles is 1. The molecule has 0 fully saturated rings. The predicted octanol–water partition coefficient (Wildman–Crippen LogP) is 6.37. The molecule has 0 aliphatic carbocycles. The quantitative estimate of drug-likeness (QED) is 0.507. The summed E-state index contributed by atoms with van der Waals surface area (Å²) in [5.74, 6) is 0.